The number of nitrogens with two attached hydrogens (primary N) is 1. The van der Waals surface area contributed by atoms with Crippen LogP contribution in [0.2, 0.25) is 0 Å². The third-order valence-electron chi connectivity index (χ3n) is 2.40. The molecular weight excluding hydrogens is 192 g/mol. The van der Waals surface area contributed by atoms with Crippen LogP contribution in [0.15, 0.2) is 24.3 Å². The largest absolute Gasteiger partial charge is 0.399 e. The Morgan fingerprint density at radius 3 is 2.73 bits per heavy atom. The molecule has 4 nitrogen and oxygen atoms in total. The van der Waals surface area contributed by atoms with Gasteiger partial charge in [-0.15, -0.1) is 0 Å². The van der Waals surface area contributed by atoms with E-state index < -0.39 is 0 Å². The molecule has 0 unspecified atom stereocenters. The second-order valence-corrected chi connectivity index (χ2v) is 3.54. The smallest absolute Gasteiger partial charge is 0.252 e. The lowest BCUT2D eigenvalue weighted by Gasteiger charge is -2.19. The van der Waals surface area contributed by atoms with Crippen LogP contribution in [0.25, 0.3) is 0 Å². The number of hydrogen-bond acceptors (Lipinski definition) is 3. The molecule has 0 saturated carbocycles. The van der Waals surface area contributed by atoms with E-state index in [4.69, 9.17) is 10.5 Å². The Morgan fingerprint density at radius 2 is 2.00 bits per heavy atom. The molecule has 4 heteroatoms. The maximum absolute atomic E-state index is 11.7. The lowest BCUT2D eigenvalue weighted by molar-refractivity contribution is -0.122. The minimum absolute atomic E-state index is 0.0114. The Labute approximate surface area is 88.6 Å². The minimum Gasteiger partial charge on any atom is -0.399 e. The number of amides is 1. The summed E-state index contributed by atoms with van der Waals surface area (Å²) < 4.78 is 5.17. The summed E-state index contributed by atoms with van der Waals surface area (Å²) in [7, 11) is 0. The number of anilines is 2. The van der Waals surface area contributed by atoms with Crippen LogP contribution in [0.4, 0.5) is 11.4 Å². The maximum atomic E-state index is 11.7. The first kappa shape index (κ1) is 9.98. The van der Waals surface area contributed by atoms with Crippen molar-refractivity contribution in [3.63, 3.8) is 0 Å². The molecular formula is C11H14N2O2. The van der Waals surface area contributed by atoms with E-state index in [1.54, 1.807) is 17.0 Å². The van der Waals surface area contributed by atoms with E-state index in [0.29, 0.717) is 18.8 Å². The van der Waals surface area contributed by atoms with Gasteiger partial charge in [0.1, 0.15) is 6.61 Å². The van der Waals surface area contributed by atoms with E-state index in [0.717, 1.165) is 12.1 Å². The number of ether oxygens (including phenoxy) is 1. The summed E-state index contributed by atoms with van der Waals surface area (Å²) in [5.74, 6) is 0.0114. The second kappa shape index (κ2) is 4.31. The highest BCUT2D eigenvalue weighted by Gasteiger charge is 2.18. The molecule has 0 radical (unpaired) electrons. The molecule has 0 spiro atoms. The van der Waals surface area contributed by atoms with Gasteiger partial charge in [0.25, 0.3) is 5.91 Å². The molecule has 80 valence electrons. The summed E-state index contributed by atoms with van der Waals surface area (Å²) in [5.41, 5.74) is 7.19. The molecule has 1 aromatic rings. The van der Waals surface area contributed by atoms with Gasteiger partial charge in [-0.05, 0) is 30.7 Å². The molecule has 1 saturated heterocycles. The van der Waals surface area contributed by atoms with Crippen molar-refractivity contribution in [2.24, 2.45) is 0 Å². The van der Waals surface area contributed by atoms with Crippen LogP contribution in [-0.2, 0) is 9.53 Å². The van der Waals surface area contributed by atoms with Crippen molar-refractivity contribution < 1.29 is 9.53 Å². The fourth-order valence-corrected chi connectivity index (χ4v) is 1.61. The van der Waals surface area contributed by atoms with Gasteiger partial charge < -0.3 is 15.4 Å². The van der Waals surface area contributed by atoms with Crippen molar-refractivity contribution >= 4 is 17.3 Å². The molecule has 2 rings (SSSR count). The first-order valence-electron chi connectivity index (χ1n) is 5.01. The van der Waals surface area contributed by atoms with Gasteiger partial charge in [0.15, 0.2) is 0 Å². The van der Waals surface area contributed by atoms with Crippen molar-refractivity contribution in [2.45, 2.75) is 6.42 Å². The van der Waals surface area contributed by atoms with E-state index in [2.05, 4.69) is 0 Å². The highest BCUT2D eigenvalue weighted by Crippen LogP contribution is 2.18. The molecule has 0 aromatic heterocycles. The van der Waals surface area contributed by atoms with Gasteiger partial charge in [0, 0.05) is 24.5 Å². The summed E-state index contributed by atoms with van der Waals surface area (Å²) in [4.78, 5) is 13.4. The van der Waals surface area contributed by atoms with Crippen LogP contribution in [0, 0.1) is 0 Å². The molecule has 15 heavy (non-hydrogen) atoms. The van der Waals surface area contributed by atoms with Crippen molar-refractivity contribution in [3.05, 3.63) is 24.3 Å². The summed E-state index contributed by atoms with van der Waals surface area (Å²) >= 11 is 0. The Balaban J connectivity index is 2.20. The van der Waals surface area contributed by atoms with Gasteiger partial charge in [-0.25, -0.2) is 0 Å². The maximum Gasteiger partial charge on any atom is 0.252 e. The van der Waals surface area contributed by atoms with Crippen molar-refractivity contribution in [3.8, 4) is 0 Å². The van der Waals surface area contributed by atoms with Crippen LogP contribution in [0.5, 0.6) is 0 Å². The first-order valence-corrected chi connectivity index (χ1v) is 5.01. The quantitative estimate of drug-likeness (QED) is 0.698. The summed E-state index contributed by atoms with van der Waals surface area (Å²) in [6, 6.07) is 7.32. The molecule has 1 heterocycles. The zero-order valence-corrected chi connectivity index (χ0v) is 8.48. The Morgan fingerprint density at radius 1 is 1.27 bits per heavy atom. The molecule has 0 bridgehead atoms. The minimum atomic E-state index is 0.0114. The third-order valence-corrected chi connectivity index (χ3v) is 2.40. The van der Waals surface area contributed by atoms with Crippen molar-refractivity contribution in [2.75, 3.05) is 30.4 Å². The van der Waals surface area contributed by atoms with Crippen LogP contribution in [0.3, 0.4) is 0 Å². The van der Waals surface area contributed by atoms with Crippen LogP contribution >= 0.6 is 0 Å². The normalized spacial score (nSPS) is 17.6. The fourth-order valence-electron chi connectivity index (χ4n) is 1.61. The molecule has 1 aliphatic heterocycles. The van der Waals surface area contributed by atoms with E-state index in [1.165, 1.54) is 0 Å². The van der Waals surface area contributed by atoms with Crippen molar-refractivity contribution in [1.29, 1.82) is 0 Å². The van der Waals surface area contributed by atoms with E-state index in [-0.39, 0.29) is 12.5 Å². The van der Waals surface area contributed by atoms with E-state index in [1.807, 2.05) is 12.1 Å². The number of carbonyl (C=O) groups is 1. The summed E-state index contributed by atoms with van der Waals surface area (Å²) in [6.07, 6.45) is 0.871. The summed E-state index contributed by atoms with van der Waals surface area (Å²) in [6.45, 7) is 1.53. The average molecular weight is 206 g/mol. The number of benzene rings is 1. The predicted molar refractivity (Wildman–Crippen MR) is 58.6 cm³/mol. The number of carbonyl (C=O) groups excluding carboxylic acids is 1. The van der Waals surface area contributed by atoms with E-state index >= 15 is 0 Å². The number of nitrogen functional groups attached to an aromatic ring is 1. The van der Waals surface area contributed by atoms with Crippen LogP contribution < -0.4 is 10.6 Å². The molecule has 2 N–H and O–H groups in total. The first-order chi connectivity index (χ1) is 7.27. The Hall–Kier alpha value is -1.55. The SMILES string of the molecule is Nc1ccc(N2CCCOCC2=O)cc1. The number of rotatable bonds is 1. The highest BCUT2D eigenvalue weighted by atomic mass is 16.5. The van der Waals surface area contributed by atoms with Gasteiger partial charge in [0.2, 0.25) is 0 Å². The zero-order valence-electron chi connectivity index (χ0n) is 8.48. The Bertz CT molecular complexity index is 348. The molecule has 0 aliphatic carbocycles. The second-order valence-electron chi connectivity index (χ2n) is 3.54. The van der Waals surface area contributed by atoms with E-state index in [9.17, 15) is 4.79 Å². The molecule has 1 amide bonds. The van der Waals surface area contributed by atoms with Gasteiger partial charge in [0.05, 0.1) is 0 Å². The zero-order chi connectivity index (χ0) is 10.7. The Kier molecular flexibility index (Phi) is 2.87. The van der Waals surface area contributed by atoms with Gasteiger partial charge in [-0.3, -0.25) is 4.79 Å². The standard InChI is InChI=1S/C11H14N2O2/c12-9-2-4-10(5-3-9)13-6-1-7-15-8-11(13)14/h2-5H,1,6-8,12H2. The molecule has 1 aliphatic rings. The number of hydrogen-bond donors (Lipinski definition) is 1. The third kappa shape index (κ3) is 2.27. The number of nitrogens with zero attached hydrogens (tertiary/aromatic N) is 1. The predicted octanol–water partition coefficient (Wildman–Crippen LogP) is 1.02. The molecule has 1 aromatic carbocycles. The molecule has 0 atom stereocenters. The van der Waals surface area contributed by atoms with Crippen LogP contribution in [0.1, 0.15) is 6.42 Å². The summed E-state index contributed by atoms with van der Waals surface area (Å²) in [5, 5.41) is 0. The lowest BCUT2D eigenvalue weighted by Crippen LogP contribution is -2.32. The van der Waals surface area contributed by atoms with Crippen LogP contribution in [-0.4, -0.2) is 25.7 Å². The molecule has 1 fully saturated rings. The topological polar surface area (TPSA) is 55.6 Å². The fraction of sp³-hybridized carbons (Fsp3) is 0.364. The van der Waals surface area contributed by atoms with Gasteiger partial charge in [-0.1, -0.05) is 0 Å². The average Bonchev–Trinajstić information content (AvgIpc) is 2.44. The van der Waals surface area contributed by atoms with Gasteiger partial charge >= 0.3 is 0 Å². The monoisotopic (exact) mass is 206 g/mol. The lowest BCUT2D eigenvalue weighted by atomic mass is 10.2. The van der Waals surface area contributed by atoms with Gasteiger partial charge in [-0.2, -0.15) is 0 Å². The van der Waals surface area contributed by atoms with Crippen molar-refractivity contribution in [1.82, 2.24) is 0 Å². The highest BCUT2D eigenvalue weighted by molar-refractivity contribution is 5.94.